The van der Waals surface area contributed by atoms with Gasteiger partial charge in [-0.25, -0.2) is 0 Å². The fourth-order valence-corrected chi connectivity index (χ4v) is 3.55. The summed E-state index contributed by atoms with van der Waals surface area (Å²) in [4.78, 5) is 4.52. The summed E-state index contributed by atoms with van der Waals surface area (Å²) in [6, 6.07) is 8.16. The molecule has 6 nitrogen and oxygen atoms in total. The molecule has 1 aromatic heterocycles. The largest absolute Gasteiger partial charge is 0.497 e. The molecule has 0 bridgehead atoms. The van der Waals surface area contributed by atoms with E-state index in [1.165, 1.54) is 5.56 Å². The fraction of sp³-hybridized carbons (Fsp3) is 0.476. The number of ether oxygens (including phenoxy) is 1. The number of likely N-dealkylation sites (N-methyl/N-ethyl adjacent to an activating group) is 1. The molecule has 1 N–H and O–H groups in total. The van der Waals surface area contributed by atoms with Gasteiger partial charge in [0.15, 0.2) is 0 Å². The van der Waals surface area contributed by atoms with Gasteiger partial charge < -0.3 is 9.84 Å². The van der Waals surface area contributed by atoms with E-state index in [0.29, 0.717) is 6.54 Å². The number of likely N-dealkylation sites (tertiary alicyclic amines) is 1. The van der Waals surface area contributed by atoms with Gasteiger partial charge in [-0.05, 0) is 31.7 Å². The molecule has 1 fully saturated rings. The number of rotatable bonds is 8. The molecule has 3 rings (SSSR count). The smallest absolute Gasteiger partial charge is 0.118 e. The Kier molecular flexibility index (Phi) is 6.66. The molecular formula is C21H30N4O2. The zero-order valence-corrected chi connectivity index (χ0v) is 16.5. The molecule has 1 saturated heterocycles. The number of nitrogens with zero attached hydrogens (tertiary/aromatic N) is 4. The van der Waals surface area contributed by atoms with E-state index in [1.54, 1.807) is 7.11 Å². The van der Waals surface area contributed by atoms with Crippen LogP contribution in [0.25, 0.3) is 6.08 Å². The zero-order chi connectivity index (χ0) is 19.2. The molecule has 0 saturated carbocycles. The van der Waals surface area contributed by atoms with Gasteiger partial charge in [0.05, 0.1) is 19.4 Å². The molecule has 0 spiro atoms. The van der Waals surface area contributed by atoms with E-state index < -0.39 is 0 Å². The minimum Gasteiger partial charge on any atom is -0.497 e. The van der Waals surface area contributed by atoms with Crippen molar-refractivity contribution in [3.63, 3.8) is 0 Å². The molecule has 2 atom stereocenters. The summed E-state index contributed by atoms with van der Waals surface area (Å²) in [7, 11) is 3.75. The Morgan fingerprint density at radius 2 is 2.07 bits per heavy atom. The normalized spacial score (nSPS) is 20.8. The second-order valence-electron chi connectivity index (χ2n) is 7.15. The van der Waals surface area contributed by atoms with Crippen LogP contribution in [0, 0.1) is 0 Å². The molecule has 6 heteroatoms. The van der Waals surface area contributed by atoms with Gasteiger partial charge in [-0.1, -0.05) is 24.3 Å². The van der Waals surface area contributed by atoms with Gasteiger partial charge in [-0.3, -0.25) is 14.5 Å². The summed E-state index contributed by atoms with van der Waals surface area (Å²) < 4.78 is 7.12. The van der Waals surface area contributed by atoms with Gasteiger partial charge in [0.2, 0.25) is 0 Å². The lowest BCUT2D eigenvalue weighted by Crippen LogP contribution is -2.40. The van der Waals surface area contributed by atoms with Crippen LogP contribution in [0.2, 0.25) is 0 Å². The van der Waals surface area contributed by atoms with Crippen molar-refractivity contribution >= 4 is 6.08 Å². The van der Waals surface area contributed by atoms with Gasteiger partial charge in [0.1, 0.15) is 5.75 Å². The Bertz CT molecular complexity index is 741. The first kappa shape index (κ1) is 19.6. The number of aliphatic hydroxyl groups is 1. The van der Waals surface area contributed by atoms with Gasteiger partial charge in [0.25, 0.3) is 0 Å². The first-order valence-electron chi connectivity index (χ1n) is 9.51. The number of benzene rings is 1. The van der Waals surface area contributed by atoms with Crippen molar-refractivity contribution < 1.29 is 9.84 Å². The van der Waals surface area contributed by atoms with Crippen LogP contribution in [-0.4, -0.2) is 70.6 Å². The monoisotopic (exact) mass is 370 g/mol. The lowest BCUT2D eigenvalue weighted by atomic mass is 10.2. The van der Waals surface area contributed by atoms with Crippen LogP contribution in [0.15, 0.2) is 42.7 Å². The highest BCUT2D eigenvalue weighted by Crippen LogP contribution is 2.18. The first-order valence-corrected chi connectivity index (χ1v) is 9.51. The molecule has 0 radical (unpaired) electrons. The van der Waals surface area contributed by atoms with Gasteiger partial charge in [-0.2, -0.15) is 5.10 Å². The summed E-state index contributed by atoms with van der Waals surface area (Å²) in [5.41, 5.74) is 2.33. The molecule has 146 valence electrons. The van der Waals surface area contributed by atoms with E-state index in [1.807, 2.05) is 35.1 Å². The lowest BCUT2D eigenvalue weighted by molar-refractivity contribution is 0.0950. The van der Waals surface area contributed by atoms with Crippen molar-refractivity contribution in [2.24, 2.45) is 0 Å². The van der Waals surface area contributed by atoms with Crippen LogP contribution < -0.4 is 4.74 Å². The molecule has 1 aromatic carbocycles. The predicted octanol–water partition coefficient (Wildman–Crippen LogP) is 2.10. The highest BCUT2D eigenvalue weighted by atomic mass is 16.5. The van der Waals surface area contributed by atoms with Crippen molar-refractivity contribution in [2.75, 3.05) is 33.8 Å². The van der Waals surface area contributed by atoms with Crippen molar-refractivity contribution in [1.29, 1.82) is 0 Å². The van der Waals surface area contributed by atoms with Crippen molar-refractivity contribution in [3.05, 3.63) is 53.9 Å². The minimum atomic E-state index is -0.328. The molecule has 2 aromatic rings. The summed E-state index contributed by atoms with van der Waals surface area (Å²) in [5, 5.41) is 14.8. The quantitative estimate of drug-likeness (QED) is 0.771. The molecule has 2 heterocycles. The van der Waals surface area contributed by atoms with E-state index in [2.05, 4.69) is 47.2 Å². The molecule has 1 aliphatic rings. The molecule has 1 aliphatic heterocycles. The average Bonchev–Trinajstić information content (AvgIpc) is 3.28. The highest BCUT2D eigenvalue weighted by molar-refractivity contribution is 5.50. The summed E-state index contributed by atoms with van der Waals surface area (Å²) in [6.45, 7) is 6.17. The van der Waals surface area contributed by atoms with Gasteiger partial charge in [-0.15, -0.1) is 0 Å². The van der Waals surface area contributed by atoms with E-state index in [4.69, 9.17) is 4.74 Å². The van der Waals surface area contributed by atoms with Crippen molar-refractivity contribution in [2.45, 2.75) is 32.2 Å². The minimum absolute atomic E-state index is 0.143. The number of aliphatic hydroxyl groups excluding tert-OH is 1. The zero-order valence-electron chi connectivity index (χ0n) is 16.5. The number of aryl methyl sites for hydroxylation is 1. The number of β-amino-alcohol motifs (C(OH)–C–C–N with tert-alkyl or cyclic N) is 1. The highest BCUT2D eigenvalue weighted by Gasteiger charge is 2.33. The Morgan fingerprint density at radius 3 is 2.74 bits per heavy atom. The van der Waals surface area contributed by atoms with E-state index >= 15 is 0 Å². The van der Waals surface area contributed by atoms with Gasteiger partial charge in [0, 0.05) is 50.5 Å². The van der Waals surface area contributed by atoms with Crippen LogP contribution in [0.1, 0.15) is 18.1 Å². The van der Waals surface area contributed by atoms with Crippen LogP contribution in [0.5, 0.6) is 5.75 Å². The van der Waals surface area contributed by atoms with E-state index in [0.717, 1.165) is 37.5 Å². The molecule has 27 heavy (non-hydrogen) atoms. The SMILES string of the molecule is CCn1cc(CN(C)[C@H]2CN(C/C=C/c3ccc(OC)cc3)C[C@@H]2O)cn1. The number of methoxy groups -OCH3 is 1. The maximum absolute atomic E-state index is 10.5. The molecule has 0 amide bonds. The summed E-state index contributed by atoms with van der Waals surface area (Å²) >= 11 is 0. The standard InChI is InChI=1S/C21H30N4O2/c1-4-25-14-18(12-22-25)13-23(2)20-15-24(16-21(20)26)11-5-6-17-7-9-19(27-3)10-8-17/h5-10,12,14,20-21,26H,4,11,13,15-16H2,1-3H3/b6-5+/t20-,21-/m0/s1. The number of hydrogen-bond acceptors (Lipinski definition) is 5. The van der Waals surface area contributed by atoms with E-state index in [-0.39, 0.29) is 12.1 Å². The molecule has 0 aliphatic carbocycles. The Hall–Kier alpha value is -2.15. The lowest BCUT2D eigenvalue weighted by Gasteiger charge is -2.26. The maximum atomic E-state index is 10.5. The maximum Gasteiger partial charge on any atom is 0.118 e. The number of aromatic nitrogens is 2. The Labute approximate surface area is 161 Å². The third-order valence-electron chi connectivity index (χ3n) is 5.13. The second-order valence-corrected chi connectivity index (χ2v) is 7.15. The van der Waals surface area contributed by atoms with Crippen LogP contribution >= 0.6 is 0 Å². The van der Waals surface area contributed by atoms with Crippen LogP contribution in [0.4, 0.5) is 0 Å². The third-order valence-corrected chi connectivity index (χ3v) is 5.13. The fourth-order valence-electron chi connectivity index (χ4n) is 3.55. The predicted molar refractivity (Wildman–Crippen MR) is 108 cm³/mol. The summed E-state index contributed by atoms with van der Waals surface area (Å²) in [5.74, 6) is 0.866. The Balaban J connectivity index is 1.50. The average molecular weight is 370 g/mol. The Morgan fingerprint density at radius 1 is 1.30 bits per heavy atom. The van der Waals surface area contributed by atoms with Crippen molar-refractivity contribution in [3.8, 4) is 5.75 Å². The van der Waals surface area contributed by atoms with Gasteiger partial charge >= 0.3 is 0 Å². The summed E-state index contributed by atoms with van der Waals surface area (Å²) in [6.07, 6.45) is 7.93. The van der Waals surface area contributed by atoms with E-state index in [9.17, 15) is 5.11 Å². The van der Waals surface area contributed by atoms with Crippen LogP contribution in [-0.2, 0) is 13.1 Å². The molecular weight excluding hydrogens is 340 g/mol. The number of hydrogen-bond donors (Lipinski definition) is 1. The third kappa shape index (κ3) is 5.19. The second kappa shape index (κ2) is 9.17. The molecule has 0 unspecified atom stereocenters. The van der Waals surface area contributed by atoms with Crippen LogP contribution in [0.3, 0.4) is 0 Å². The first-order chi connectivity index (χ1) is 13.1. The van der Waals surface area contributed by atoms with Crippen molar-refractivity contribution in [1.82, 2.24) is 19.6 Å². The topological polar surface area (TPSA) is 53.8 Å².